The number of para-hydroxylation sites is 2. The Bertz CT molecular complexity index is 3640. The number of benzene rings is 10. The van der Waals surface area contributed by atoms with Gasteiger partial charge in [-0.1, -0.05) is 194 Å². The van der Waals surface area contributed by atoms with Crippen molar-refractivity contribution in [2.45, 2.75) is 17.3 Å². The van der Waals surface area contributed by atoms with Crippen molar-refractivity contribution < 1.29 is 4.42 Å². The summed E-state index contributed by atoms with van der Waals surface area (Å²) in [5.41, 5.74) is 23.8. The van der Waals surface area contributed by atoms with E-state index in [9.17, 15) is 0 Å². The topological polar surface area (TPSA) is 16.4 Å². The highest BCUT2D eigenvalue weighted by molar-refractivity contribution is 6.09. The van der Waals surface area contributed by atoms with Crippen LogP contribution in [0.2, 0.25) is 0 Å². The molecule has 0 fully saturated rings. The average Bonchev–Trinajstić information content (AvgIpc) is 3.86. The molecule has 0 aliphatic heterocycles. The third-order valence-electron chi connectivity index (χ3n) is 14.8. The zero-order valence-electron chi connectivity index (χ0n) is 35.5. The minimum absolute atomic E-state index is 0.0279. The van der Waals surface area contributed by atoms with Gasteiger partial charge in [0.15, 0.2) is 0 Å². The van der Waals surface area contributed by atoms with Crippen molar-refractivity contribution in [2.24, 2.45) is 0 Å². The summed E-state index contributed by atoms with van der Waals surface area (Å²) in [6.07, 6.45) is 0. The molecule has 11 aromatic rings. The molecule has 2 heteroatoms. The minimum atomic E-state index is -0.0279. The van der Waals surface area contributed by atoms with Crippen molar-refractivity contribution in [1.82, 2.24) is 0 Å². The number of rotatable bonds is 7. The molecule has 0 bridgehead atoms. The molecule has 3 aliphatic carbocycles. The molecule has 0 saturated carbocycles. The Morgan fingerprint density at radius 2 is 0.754 bits per heavy atom. The maximum Gasteiger partial charge on any atom is 0.143 e. The summed E-state index contributed by atoms with van der Waals surface area (Å²) in [6, 6.07) is 86.9. The van der Waals surface area contributed by atoms with Crippen LogP contribution in [0.25, 0.3) is 66.4 Å². The molecule has 304 valence electrons. The maximum absolute atomic E-state index is 6.46. The summed E-state index contributed by atoms with van der Waals surface area (Å²) >= 11 is 0. The molecule has 3 unspecified atom stereocenters. The van der Waals surface area contributed by atoms with Gasteiger partial charge in [-0.15, -0.1) is 0 Å². The van der Waals surface area contributed by atoms with E-state index in [0.29, 0.717) is 11.8 Å². The molecule has 0 saturated heterocycles. The maximum atomic E-state index is 6.46. The van der Waals surface area contributed by atoms with E-state index in [1.807, 2.05) is 12.1 Å². The van der Waals surface area contributed by atoms with E-state index in [1.54, 1.807) is 0 Å². The Balaban J connectivity index is 0.896. The standard InChI is InChI=1S/C63H41NO/c1-3-14-40(15-4-1)41-26-32-45(33-27-41)64(47-36-30-44(31-37-47)50-21-13-22-52-51-18-9-12-25-57(51)65-62(50)52)46-34-28-43(29-35-46)49-39-38-48(42-16-5-2-6-17-42)58-59(49)61-54-20-8-11-24-56(54)63(61)55-23-10-7-19-53(55)60(58)63/h1-39,60-61H. The van der Waals surface area contributed by atoms with Crippen LogP contribution < -0.4 is 4.90 Å². The van der Waals surface area contributed by atoms with Gasteiger partial charge in [0.25, 0.3) is 0 Å². The fourth-order valence-corrected chi connectivity index (χ4v) is 12.1. The molecular formula is C63H41NO. The van der Waals surface area contributed by atoms with E-state index in [1.165, 1.54) is 66.8 Å². The van der Waals surface area contributed by atoms with Gasteiger partial charge < -0.3 is 9.32 Å². The number of hydrogen-bond donors (Lipinski definition) is 0. The first kappa shape index (κ1) is 36.3. The van der Waals surface area contributed by atoms with E-state index in [0.717, 1.165) is 50.1 Å². The molecule has 1 spiro atoms. The van der Waals surface area contributed by atoms with E-state index >= 15 is 0 Å². The lowest BCUT2D eigenvalue weighted by molar-refractivity contribution is 0.333. The van der Waals surface area contributed by atoms with E-state index in [4.69, 9.17) is 4.42 Å². The van der Waals surface area contributed by atoms with Crippen LogP contribution in [-0.4, -0.2) is 0 Å². The molecule has 0 N–H and O–H groups in total. The summed E-state index contributed by atoms with van der Waals surface area (Å²) < 4.78 is 6.46. The fraction of sp³-hybridized carbons (Fsp3) is 0.0476. The van der Waals surface area contributed by atoms with Crippen LogP contribution in [0.5, 0.6) is 0 Å². The van der Waals surface area contributed by atoms with Crippen LogP contribution in [0, 0.1) is 0 Å². The van der Waals surface area contributed by atoms with Gasteiger partial charge in [-0.25, -0.2) is 0 Å². The molecule has 65 heavy (non-hydrogen) atoms. The molecule has 1 heterocycles. The van der Waals surface area contributed by atoms with Crippen LogP contribution >= 0.6 is 0 Å². The molecule has 0 radical (unpaired) electrons. The van der Waals surface area contributed by atoms with Crippen LogP contribution in [0.15, 0.2) is 241 Å². The van der Waals surface area contributed by atoms with Gasteiger partial charge in [-0.05, 0) is 115 Å². The van der Waals surface area contributed by atoms with Crippen molar-refractivity contribution in [2.75, 3.05) is 4.90 Å². The van der Waals surface area contributed by atoms with E-state index < -0.39 is 0 Å². The summed E-state index contributed by atoms with van der Waals surface area (Å²) in [5, 5.41) is 2.28. The Morgan fingerprint density at radius 3 is 1.34 bits per heavy atom. The number of anilines is 3. The van der Waals surface area contributed by atoms with Crippen LogP contribution in [-0.2, 0) is 5.41 Å². The van der Waals surface area contributed by atoms with Crippen molar-refractivity contribution in [1.29, 1.82) is 0 Å². The average molecular weight is 828 g/mol. The lowest BCUT2D eigenvalue weighted by atomic mass is 9.43. The molecule has 0 amide bonds. The van der Waals surface area contributed by atoms with Gasteiger partial charge in [0, 0.05) is 50.6 Å². The highest BCUT2D eigenvalue weighted by Crippen LogP contribution is 2.78. The summed E-state index contributed by atoms with van der Waals surface area (Å²) in [4.78, 5) is 2.38. The van der Waals surface area contributed by atoms with Gasteiger partial charge in [-0.2, -0.15) is 0 Å². The van der Waals surface area contributed by atoms with Crippen molar-refractivity contribution in [3.05, 3.63) is 270 Å². The number of nitrogens with zero attached hydrogens (tertiary/aromatic N) is 1. The third kappa shape index (κ3) is 5.11. The van der Waals surface area contributed by atoms with E-state index in [-0.39, 0.29) is 5.41 Å². The second kappa shape index (κ2) is 13.9. The fourth-order valence-electron chi connectivity index (χ4n) is 12.1. The largest absolute Gasteiger partial charge is 0.455 e. The first-order valence-corrected chi connectivity index (χ1v) is 22.7. The minimum Gasteiger partial charge on any atom is -0.455 e. The smallest absolute Gasteiger partial charge is 0.143 e. The first-order valence-electron chi connectivity index (χ1n) is 22.7. The van der Waals surface area contributed by atoms with Crippen LogP contribution in [0.3, 0.4) is 0 Å². The van der Waals surface area contributed by atoms with Gasteiger partial charge in [0.2, 0.25) is 0 Å². The zero-order valence-corrected chi connectivity index (χ0v) is 35.5. The summed E-state index contributed by atoms with van der Waals surface area (Å²) in [5.74, 6) is 0.620. The second-order valence-corrected chi connectivity index (χ2v) is 17.9. The monoisotopic (exact) mass is 827 g/mol. The predicted octanol–water partition coefficient (Wildman–Crippen LogP) is 16.6. The molecule has 3 aliphatic rings. The molecule has 14 rings (SSSR count). The number of fused-ring (bicyclic) bond motifs is 10. The first-order chi connectivity index (χ1) is 32.3. The summed E-state index contributed by atoms with van der Waals surface area (Å²) in [7, 11) is 0. The Kier molecular flexibility index (Phi) is 7.76. The van der Waals surface area contributed by atoms with Crippen LogP contribution in [0.4, 0.5) is 17.1 Å². The quantitative estimate of drug-likeness (QED) is 0.159. The predicted molar refractivity (Wildman–Crippen MR) is 267 cm³/mol. The molecule has 10 aromatic carbocycles. The SMILES string of the molecule is c1ccc(-c2ccc(N(c3ccc(-c4ccc(-c5ccccc5)c5c4C4c6ccccc6C46c4ccccc4C56)cc3)c3ccc(-c4cccc5c4oc4ccccc45)cc3)cc2)cc1. The van der Waals surface area contributed by atoms with Crippen molar-refractivity contribution in [3.63, 3.8) is 0 Å². The van der Waals surface area contributed by atoms with Crippen molar-refractivity contribution in [3.8, 4) is 44.5 Å². The Labute approximate surface area is 378 Å². The van der Waals surface area contributed by atoms with Gasteiger partial charge in [0.1, 0.15) is 11.2 Å². The number of hydrogen-bond acceptors (Lipinski definition) is 2. The number of furan rings is 1. The van der Waals surface area contributed by atoms with E-state index in [2.05, 4.69) is 229 Å². The zero-order chi connectivity index (χ0) is 42.6. The summed E-state index contributed by atoms with van der Waals surface area (Å²) in [6.45, 7) is 0. The highest BCUT2D eigenvalue weighted by atomic mass is 16.3. The molecule has 3 atom stereocenters. The Hall–Kier alpha value is -8.20. The third-order valence-corrected chi connectivity index (χ3v) is 14.8. The van der Waals surface area contributed by atoms with Crippen LogP contribution in [0.1, 0.15) is 45.2 Å². The highest BCUT2D eigenvalue weighted by Gasteiger charge is 2.70. The normalized spacial score (nSPS) is 17.3. The van der Waals surface area contributed by atoms with Crippen molar-refractivity contribution >= 4 is 39.0 Å². The Morgan fingerprint density at radius 1 is 0.323 bits per heavy atom. The van der Waals surface area contributed by atoms with Gasteiger partial charge in [-0.3, -0.25) is 0 Å². The van der Waals surface area contributed by atoms with Gasteiger partial charge in [0.05, 0.1) is 0 Å². The lowest BCUT2D eigenvalue weighted by Crippen LogP contribution is -2.52. The molecular weight excluding hydrogens is 787 g/mol. The molecule has 1 aromatic heterocycles. The lowest BCUT2D eigenvalue weighted by Gasteiger charge is -2.58. The molecule has 2 nitrogen and oxygen atoms in total. The van der Waals surface area contributed by atoms with Gasteiger partial charge >= 0.3 is 0 Å². The second-order valence-electron chi connectivity index (χ2n) is 17.9.